The Morgan fingerprint density at radius 2 is 2.15 bits per heavy atom. The lowest BCUT2D eigenvalue weighted by Crippen LogP contribution is -2.02. The number of halogens is 1. The second-order valence-electron chi connectivity index (χ2n) is 2.94. The number of aryl methyl sites for hydroxylation is 1. The summed E-state index contributed by atoms with van der Waals surface area (Å²) in [6.07, 6.45) is 0. The first-order valence-corrected chi connectivity index (χ1v) is 4.66. The molecule has 0 fully saturated rings. The van der Waals surface area contributed by atoms with Crippen LogP contribution in [0.1, 0.15) is 16.7 Å². The maximum Gasteiger partial charge on any atom is 0.135 e. The number of phenols is 1. The van der Waals surface area contributed by atoms with E-state index in [1.54, 1.807) is 0 Å². The highest BCUT2D eigenvalue weighted by Crippen LogP contribution is 2.32. The van der Waals surface area contributed by atoms with Crippen LogP contribution in [-0.4, -0.2) is 5.11 Å². The molecule has 0 aliphatic heterocycles. The zero-order valence-corrected chi connectivity index (χ0v) is 9.18. The Morgan fingerprint density at radius 1 is 1.54 bits per heavy atom. The van der Waals surface area contributed by atoms with E-state index < -0.39 is 0 Å². The minimum absolute atomic E-state index is 0.202. The van der Waals surface area contributed by atoms with Crippen molar-refractivity contribution in [2.75, 3.05) is 0 Å². The van der Waals surface area contributed by atoms with Gasteiger partial charge in [0.2, 0.25) is 0 Å². The van der Waals surface area contributed by atoms with E-state index >= 15 is 0 Å². The topological polar surface area (TPSA) is 55.5 Å². The lowest BCUT2D eigenvalue weighted by molar-refractivity contribution is 0.121. The standard InChI is InChI=1S/C9H12BrNO2/c1-5-3-8(10)9(12)7(4-13-11)6(5)2/h3,12H,4,11H2,1-2H3. The third-order valence-corrected chi connectivity index (χ3v) is 2.73. The second kappa shape index (κ2) is 4.09. The molecule has 0 radical (unpaired) electrons. The molecule has 1 aromatic carbocycles. The van der Waals surface area contributed by atoms with E-state index in [9.17, 15) is 5.11 Å². The summed E-state index contributed by atoms with van der Waals surface area (Å²) in [7, 11) is 0. The molecule has 0 atom stereocenters. The molecule has 0 unspecified atom stereocenters. The minimum atomic E-state index is 0.202. The molecule has 4 heteroatoms. The Morgan fingerprint density at radius 3 is 2.69 bits per heavy atom. The molecule has 72 valence electrons. The average molecular weight is 246 g/mol. The van der Waals surface area contributed by atoms with E-state index in [4.69, 9.17) is 5.90 Å². The van der Waals surface area contributed by atoms with E-state index in [1.165, 1.54) is 0 Å². The molecule has 0 amide bonds. The molecule has 3 nitrogen and oxygen atoms in total. The summed E-state index contributed by atoms with van der Waals surface area (Å²) in [4.78, 5) is 4.52. The van der Waals surface area contributed by atoms with E-state index in [0.29, 0.717) is 4.47 Å². The summed E-state index contributed by atoms with van der Waals surface area (Å²) in [5, 5.41) is 9.65. The summed E-state index contributed by atoms with van der Waals surface area (Å²) in [5.41, 5.74) is 2.83. The van der Waals surface area contributed by atoms with E-state index in [1.807, 2.05) is 19.9 Å². The summed E-state index contributed by atoms with van der Waals surface area (Å²) in [6.45, 7) is 4.12. The third kappa shape index (κ3) is 2.02. The van der Waals surface area contributed by atoms with Crippen LogP contribution in [0, 0.1) is 13.8 Å². The van der Waals surface area contributed by atoms with Crippen LogP contribution < -0.4 is 5.90 Å². The van der Waals surface area contributed by atoms with Crippen molar-refractivity contribution in [3.05, 3.63) is 27.2 Å². The first-order chi connectivity index (χ1) is 6.07. The fraction of sp³-hybridized carbons (Fsp3) is 0.333. The average Bonchev–Trinajstić information content (AvgIpc) is 2.09. The maximum atomic E-state index is 9.65. The van der Waals surface area contributed by atoms with Crippen molar-refractivity contribution in [3.63, 3.8) is 0 Å². The van der Waals surface area contributed by atoms with Gasteiger partial charge in [0.1, 0.15) is 5.75 Å². The van der Waals surface area contributed by atoms with Crippen LogP contribution in [0.25, 0.3) is 0 Å². The van der Waals surface area contributed by atoms with Crippen molar-refractivity contribution in [3.8, 4) is 5.75 Å². The predicted molar refractivity (Wildman–Crippen MR) is 54.3 cm³/mol. The van der Waals surface area contributed by atoms with Crippen molar-refractivity contribution >= 4 is 15.9 Å². The Labute approximate surface area is 85.6 Å². The van der Waals surface area contributed by atoms with Gasteiger partial charge >= 0.3 is 0 Å². The molecule has 0 spiro atoms. The number of nitrogens with two attached hydrogens (primary N) is 1. The Bertz CT molecular complexity index is 300. The lowest BCUT2D eigenvalue weighted by atomic mass is 10.0. The largest absolute Gasteiger partial charge is 0.506 e. The van der Waals surface area contributed by atoms with Gasteiger partial charge in [0.15, 0.2) is 0 Å². The van der Waals surface area contributed by atoms with Gasteiger partial charge in [-0.3, -0.25) is 4.84 Å². The highest BCUT2D eigenvalue weighted by molar-refractivity contribution is 9.10. The number of rotatable bonds is 2. The Balaban J connectivity index is 3.28. The third-order valence-electron chi connectivity index (χ3n) is 2.13. The monoisotopic (exact) mass is 245 g/mol. The molecule has 0 heterocycles. The first-order valence-electron chi connectivity index (χ1n) is 3.87. The number of benzene rings is 1. The molecule has 13 heavy (non-hydrogen) atoms. The van der Waals surface area contributed by atoms with Crippen LogP contribution in [0.15, 0.2) is 10.5 Å². The van der Waals surface area contributed by atoms with Crippen molar-refractivity contribution < 1.29 is 9.94 Å². The summed E-state index contributed by atoms with van der Waals surface area (Å²) < 4.78 is 0.669. The van der Waals surface area contributed by atoms with E-state index in [2.05, 4.69) is 20.8 Å². The number of hydrogen-bond donors (Lipinski definition) is 2. The molecule has 0 bridgehead atoms. The van der Waals surface area contributed by atoms with Gasteiger partial charge in [0, 0.05) is 5.56 Å². The van der Waals surface area contributed by atoms with Gasteiger partial charge in [-0.15, -0.1) is 0 Å². The van der Waals surface area contributed by atoms with Gasteiger partial charge in [-0.2, -0.15) is 0 Å². The van der Waals surface area contributed by atoms with E-state index in [0.717, 1.165) is 16.7 Å². The molecule has 0 saturated carbocycles. The van der Waals surface area contributed by atoms with E-state index in [-0.39, 0.29) is 12.4 Å². The molecular weight excluding hydrogens is 234 g/mol. The second-order valence-corrected chi connectivity index (χ2v) is 3.79. The van der Waals surface area contributed by atoms with Gasteiger partial charge < -0.3 is 5.11 Å². The van der Waals surface area contributed by atoms with Crippen LogP contribution in [0.3, 0.4) is 0 Å². The van der Waals surface area contributed by atoms with Crippen LogP contribution >= 0.6 is 15.9 Å². The van der Waals surface area contributed by atoms with Crippen molar-refractivity contribution in [1.82, 2.24) is 0 Å². The van der Waals surface area contributed by atoms with Gasteiger partial charge in [0.05, 0.1) is 11.1 Å². The molecule has 0 aliphatic carbocycles. The molecule has 3 N–H and O–H groups in total. The highest BCUT2D eigenvalue weighted by Gasteiger charge is 2.10. The minimum Gasteiger partial charge on any atom is -0.506 e. The lowest BCUT2D eigenvalue weighted by Gasteiger charge is -2.11. The molecule has 1 aromatic rings. The van der Waals surface area contributed by atoms with Crippen LogP contribution in [-0.2, 0) is 11.4 Å². The molecule has 0 aliphatic rings. The van der Waals surface area contributed by atoms with Crippen molar-refractivity contribution in [1.29, 1.82) is 0 Å². The summed E-state index contributed by atoms with van der Waals surface area (Å²) >= 11 is 3.25. The zero-order valence-electron chi connectivity index (χ0n) is 7.60. The van der Waals surface area contributed by atoms with Gasteiger partial charge in [-0.1, -0.05) is 0 Å². The Kier molecular flexibility index (Phi) is 3.30. The van der Waals surface area contributed by atoms with Crippen molar-refractivity contribution in [2.45, 2.75) is 20.5 Å². The molecular formula is C9H12BrNO2. The van der Waals surface area contributed by atoms with Gasteiger partial charge in [-0.05, 0) is 47.0 Å². The molecule has 0 saturated heterocycles. The smallest absolute Gasteiger partial charge is 0.135 e. The molecule has 0 aromatic heterocycles. The Hall–Kier alpha value is -0.580. The number of aromatic hydroxyl groups is 1. The SMILES string of the molecule is Cc1cc(Br)c(O)c(CON)c1C. The van der Waals surface area contributed by atoms with Crippen LogP contribution in [0.4, 0.5) is 0 Å². The maximum absolute atomic E-state index is 9.65. The number of hydrogen-bond acceptors (Lipinski definition) is 3. The fourth-order valence-electron chi connectivity index (χ4n) is 1.19. The fourth-order valence-corrected chi connectivity index (χ4v) is 1.77. The van der Waals surface area contributed by atoms with Crippen LogP contribution in [0.2, 0.25) is 0 Å². The quantitative estimate of drug-likeness (QED) is 0.786. The number of phenolic OH excluding ortho intramolecular Hbond substituents is 1. The summed E-state index contributed by atoms with van der Waals surface area (Å²) in [5.74, 6) is 5.17. The van der Waals surface area contributed by atoms with Crippen LogP contribution in [0.5, 0.6) is 5.75 Å². The van der Waals surface area contributed by atoms with Gasteiger partial charge in [0.25, 0.3) is 0 Å². The normalized spacial score (nSPS) is 10.5. The summed E-state index contributed by atoms with van der Waals surface area (Å²) in [6, 6.07) is 1.87. The predicted octanol–water partition coefficient (Wildman–Crippen LogP) is 2.16. The molecule has 1 rings (SSSR count). The van der Waals surface area contributed by atoms with Gasteiger partial charge in [-0.25, -0.2) is 5.90 Å². The van der Waals surface area contributed by atoms with Crippen molar-refractivity contribution in [2.24, 2.45) is 5.90 Å². The first kappa shape index (κ1) is 10.5. The highest BCUT2D eigenvalue weighted by atomic mass is 79.9. The zero-order chi connectivity index (χ0) is 10.0.